The second kappa shape index (κ2) is 7.99. The van der Waals surface area contributed by atoms with E-state index in [2.05, 4.69) is 31.0 Å². The number of likely N-dealkylation sites (tertiary alicyclic amines) is 1. The summed E-state index contributed by atoms with van der Waals surface area (Å²) in [4.78, 5) is 15.7. The summed E-state index contributed by atoms with van der Waals surface area (Å²) in [5.74, 6) is 1.06. The third-order valence-electron chi connectivity index (χ3n) is 3.99. The Kier molecular flexibility index (Phi) is 6.96. The molecule has 118 valence electrons. The van der Waals surface area contributed by atoms with Crippen LogP contribution in [0.4, 0.5) is 0 Å². The van der Waals surface area contributed by atoms with E-state index in [1.165, 1.54) is 25.9 Å². The molecule has 1 aliphatic rings. The first-order valence-electron chi connectivity index (χ1n) is 7.95. The fraction of sp³-hybridized carbons (Fsp3) is 0.938. The number of hydrogen-bond acceptors (Lipinski definition) is 3. The fourth-order valence-corrected chi connectivity index (χ4v) is 2.54. The minimum absolute atomic E-state index is 0.226. The predicted molar refractivity (Wildman–Crippen MR) is 84.8 cm³/mol. The van der Waals surface area contributed by atoms with Crippen LogP contribution in [0.5, 0.6) is 0 Å². The number of nitrogens with zero attached hydrogens (tertiary/aromatic N) is 2. The average molecular weight is 283 g/mol. The van der Waals surface area contributed by atoms with Crippen molar-refractivity contribution in [2.45, 2.75) is 52.0 Å². The van der Waals surface area contributed by atoms with E-state index in [1.807, 2.05) is 14.1 Å². The van der Waals surface area contributed by atoms with Crippen molar-refractivity contribution in [1.82, 2.24) is 15.1 Å². The van der Waals surface area contributed by atoms with Crippen LogP contribution in [0.1, 0.15) is 46.5 Å². The highest BCUT2D eigenvalue weighted by atomic mass is 16.2. The monoisotopic (exact) mass is 283 g/mol. The quantitative estimate of drug-likeness (QED) is 0.809. The Morgan fingerprint density at radius 1 is 1.25 bits per heavy atom. The van der Waals surface area contributed by atoms with Gasteiger partial charge in [0.1, 0.15) is 0 Å². The number of rotatable bonds is 6. The van der Waals surface area contributed by atoms with Gasteiger partial charge in [0.2, 0.25) is 5.91 Å². The van der Waals surface area contributed by atoms with Crippen LogP contribution in [0.3, 0.4) is 0 Å². The van der Waals surface area contributed by atoms with Crippen LogP contribution in [-0.4, -0.2) is 61.5 Å². The van der Waals surface area contributed by atoms with Crippen molar-refractivity contribution < 1.29 is 4.79 Å². The van der Waals surface area contributed by atoms with E-state index in [9.17, 15) is 4.79 Å². The van der Waals surface area contributed by atoms with Gasteiger partial charge in [0.15, 0.2) is 0 Å². The minimum atomic E-state index is 0.226. The lowest BCUT2D eigenvalue weighted by Gasteiger charge is -2.33. The molecule has 20 heavy (non-hydrogen) atoms. The Morgan fingerprint density at radius 3 is 2.35 bits per heavy atom. The molecule has 0 aromatic carbocycles. The summed E-state index contributed by atoms with van der Waals surface area (Å²) >= 11 is 0. The van der Waals surface area contributed by atoms with Gasteiger partial charge in [-0.15, -0.1) is 0 Å². The SMILES string of the molecule is CN(C)C(=O)CCCN1CCC(CNC(C)(C)C)CC1. The summed E-state index contributed by atoms with van der Waals surface area (Å²) < 4.78 is 0. The molecule has 0 spiro atoms. The molecule has 4 heteroatoms. The normalized spacial score (nSPS) is 18.2. The summed E-state index contributed by atoms with van der Waals surface area (Å²) in [7, 11) is 3.66. The molecule has 1 fully saturated rings. The van der Waals surface area contributed by atoms with Crippen molar-refractivity contribution in [2.24, 2.45) is 5.92 Å². The molecule has 1 aliphatic heterocycles. The highest BCUT2D eigenvalue weighted by Crippen LogP contribution is 2.17. The van der Waals surface area contributed by atoms with Crippen molar-refractivity contribution in [3.8, 4) is 0 Å². The highest BCUT2D eigenvalue weighted by Gasteiger charge is 2.20. The zero-order valence-corrected chi connectivity index (χ0v) is 14.0. The summed E-state index contributed by atoms with van der Waals surface area (Å²) in [6.07, 6.45) is 4.23. The molecule has 1 rings (SSSR count). The van der Waals surface area contributed by atoms with Crippen molar-refractivity contribution in [2.75, 3.05) is 40.3 Å². The molecule has 1 N–H and O–H groups in total. The van der Waals surface area contributed by atoms with Gasteiger partial charge in [-0.2, -0.15) is 0 Å². The Morgan fingerprint density at radius 2 is 1.85 bits per heavy atom. The maximum Gasteiger partial charge on any atom is 0.222 e. The van der Waals surface area contributed by atoms with E-state index in [0.29, 0.717) is 6.42 Å². The minimum Gasteiger partial charge on any atom is -0.349 e. The smallest absolute Gasteiger partial charge is 0.222 e. The maximum absolute atomic E-state index is 11.5. The molecular weight excluding hydrogens is 250 g/mol. The highest BCUT2D eigenvalue weighted by molar-refractivity contribution is 5.75. The fourth-order valence-electron chi connectivity index (χ4n) is 2.54. The van der Waals surface area contributed by atoms with Gasteiger partial charge in [-0.05, 0) is 72.1 Å². The molecule has 0 aromatic heterocycles. The van der Waals surface area contributed by atoms with Crippen LogP contribution in [0.15, 0.2) is 0 Å². The molecule has 0 aromatic rings. The Balaban J connectivity index is 2.11. The molecule has 0 radical (unpaired) electrons. The van der Waals surface area contributed by atoms with Crippen molar-refractivity contribution in [3.05, 3.63) is 0 Å². The van der Waals surface area contributed by atoms with Crippen molar-refractivity contribution >= 4 is 5.91 Å². The van der Waals surface area contributed by atoms with Gasteiger partial charge >= 0.3 is 0 Å². The molecule has 1 saturated heterocycles. The maximum atomic E-state index is 11.5. The molecule has 0 bridgehead atoms. The summed E-state index contributed by atoms with van der Waals surface area (Å²) in [6.45, 7) is 11.3. The first-order valence-corrected chi connectivity index (χ1v) is 7.95. The Bertz CT molecular complexity index is 289. The zero-order valence-electron chi connectivity index (χ0n) is 14.0. The Labute approximate surface area is 124 Å². The first kappa shape index (κ1) is 17.4. The van der Waals surface area contributed by atoms with E-state index >= 15 is 0 Å². The molecule has 0 unspecified atom stereocenters. The van der Waals surface area contributed by atoms with E-state index in [1.54, 1.807) is 4.90 Å². The number of nitrogens with one attached hydrogen (secondary N) is 1. The number of carbonyl (C=O) groups excluding carboxylic acids is 1. The zero-order chi connectivity index (χ0) is 15.2. The third kappa shape index (κ3) is 7.25. The van der Waals surface area contributed by atoms with Crippen LogP contribution < -0.4 is 5.32 Å². The molecule has 1 amide bonds. The van der Waals surface area contributed by atoms with Gasteiger partial charge in [0.25, 0.3) is 0 Å². The number of amides is 1. The lowest BCUT2D eigenvalue weighted by atomic mass is 9.95. The summed E-state index contributed by atoms with van der Waals surface area (Å²) in [6, 6.07) is 0. The van der Waals surface area contributed by atoms with E-state index in [4.69, 9.17) is 0 Å². The van der Waals surface area contributed by atoms with Gasteiger partial charge < -0.3 is 15.1 Å². The third-order valence-corrected chi connectivity index (χ3v) is 3.99. The molecular formula is C16H33N3O. The average Bonchev–Trinajstić information content (AvgIpc) is 2.36. The second-order valence-electron chi connectivity index (χ2n) is 7.31. The van der Waals surface area contributed by atoms with Crippen LogP contribution in [-0.2, 0) is 4.79 Å². The van der Waals surface area contributed by atoms with Gasteiger partial charge in [-0.25, -0.2) is 0 Å². The molecule has 0 atom stereocenters. The van der Waals surface area contributed by atoms with Gasteiger partial charge in [0.05, 0.1) is 0 Å². The van der Waals surface area contributed by atoms with E-state index < -0.39 is 0 Å². The van der Waals surface area contributed by atoms with Crippen LogP contribution in [0, 0.1) is 5.92 Å². The molecule has 0 saturated carbocycles. The number of piperidine rings is 1. The van der Waals surface area contributed by atoms with Gasteiger partial charge in [-0.1, -0.05) is 0 Å². The lowest BCUT2D eigenvalue weighted by molar-refractivity contribution is -0.128. The summed E-state index contributed by atoms with van der Waals surface area (Å²) in [5, 5.41) is 3.61. The lowest BCUT2D eigenvalue weighted by Crippen LogP contribution is -2.43. The van der Waals surface area contributed by atoms with Gasteiger partial charge in [-0.3, -0.25) is 4.79 Å². The van der Waals surface area contributed by atoms with Crippen LogP contribution >= 0.6 is 0 Å². The number of carbonyl (C=O) groups is 1. The first-order chi connectivity index (χ1) is 9.28. The van der Waals surface area contributed by atoms with Crippen molar-refractivity contribution in [3.63, 3.8) is 0 Å². The second-order valence-corrected chi connectivity index (χ2v) is 7.31. The van der Waals surface area contributed by atoms with Crippen molar-refractivity contribution in [1.29, 1.82) is 0 Å². The van der Waals surface area contributed by atoms with E-state index in [-0.39, 0.29) is 11.4 Å². The number of hydrogen-bond donors (Lipinski definition) is 1. The standard InChI is InChI=1S/C16H33N3O/c1-16(2,3)17-13-14-8-11-19(12-9-14)10-6-7-15(20)18(4)5/h14,17H,6-13H2,1-5H3. The topological polar surface area (TPSA) is 35.6 Å². The molecule has 1 heterocycles. The van der Waals surface area contributed by atoms with E-state index in [0.717, 1.165) is 25.4 Å². The molecule has 4 nitrogen and oxygen atoms in total. The summed E-state index contributed by atoms with van der Waals surface area (Å²) in [5.41, 5.74) is 0.226. The van der Waals surface area contributed by atoms with Gasteiger partial charge in [0, 0.05) is 26.1 Å². The Hall–Kier alpha value is -0.610. The van der Waals surface area contributed by atoms with Crippen LogP contribution in [0.25, 0.3) is 0 Å². The largest absolute Gasteiger partial charge is 0.349 e. The molecule has 0 aliphatic carbocycles. The van der Waals surface area contributed by atoms with Crippen LogP contribution in [0.2, 0.25) is 0 Å². The predicted octanol–water partition coefficient (Wildman–Crippen LogP) is 1.95.